The smallest absolute Gasteiger partial charge is 0.248 e. The molecule has 0 aliphatic carbocycles. The number of anilines is 1. The lowest BCUT2D eigenvalue weighted by Crippen LogP contribution is -2.39. The Morgan fingerprint density at radius 3 is 2.52 bits per heavy atom. The average molecular weight is 280 g/mol. The number of para-hydroxylation sites is 1. The first kappa shape index (κ1) is 13.8. The molecule has 2 aromatic carbocycles. The Morgan fingerprint density at radius 1 is 1.00 bits per heavy atom. The van der Waals surface area contributed by atoms with Crippen molar-refractivity contribution >= 4 is 11.6 Å². The minimum absolute atomic E-state index is 0.0180. The summed E-state index contributed by atoms with van der Waals surface area (Å²) in [5, 5.41) is 0. The van der Waals surface area contributed by atoms with Crippen molar-refractivity contribution < 1.29 is 4.79 Å². The van der Waals surface area contributed by atoms with Crippen LogP contribution in [0.1, 0.15) is 30.0 Å². The van der Waals surface area contributed by atoms with Crippen molar-refractivity contribution in [3.63, 3.8) is 0 Å². The van der Waals surface area contributed by atoms with E-state index in [0.29, 0.717) is 0 Å². The summed E-state index contributed by atoms with van der Waals surface area (Å²) in [6.07, 6.45) is 3.16. The van der Waals surface area contributed by atoms with Gasteiger partial charge in [0.15, 0.2) is 0 Å². The molecule has 1 atom stereocenters. The Balaban J connectivity index is 1.91. The highest BCUT2D eigenvalue weighted by molar-refractivity contribution is 5.98. The van der Waals surface area contributed by atoms with E-state index in [1.54, 1.807) is 0 Å². The zero-order valence-corrected chi connectivity index (χ0v) is 12.0. The predicted octanol–water partition coefficient (Wildman–Crippen LogP) is 3.06. The van der Waals surface area contributed by atoms with Crippen LogP contribution in [-0.4, -0.2) is 12.5 Å². The Morgan fingerprint density at radius 2 is 1.71 bits per heavy atom. The molecule has 2 aromatic rings. The average Bonchev–Trinajstić information content (AvgIpc) is 2.77. The van der Waals surface area contributed by atoms with Crippen molar-refractivity contribution in [2.75, 3.05) is 11.4 Å². The zero-order chi connectivity index (χ0) is 14.7. The molecule has 1 amide bonds. The van der Waals surface area contributed by atoms with Gasteiger partial charge in [0.05, 0.1) is 0 Å². The van der Waals surface area contributed by atoms with E-state index in [-0.39, 0.29) is 5.91 Å². The van der Waals surface area contributed by atoms with Crippen LogP contribution in [-0.2, 0) is 11.2 Å². The number of carbonyl (C=O) groups is 1. The molecule has 0 bridgehead atoms. The van der Waals surface area contributed by atoms with Gasteiger partial charge in [-0.1, -0.05) is 48.5 Å². The topological polar surface area (TPSA) is 46.3 Å². The van der Waals surface area contributed by atoms with Gasteiger partial charge in [0.25, 0.3) is 0 Å². The highest BCUT2D eigenvalue weighted by atomic mass is 16.2. The Kier molecular flexibility index (Phi) is 4.02. The molecule has 0 saturated carbocycles. The van der Waals surface area contributed by atoms with Crippen LogP contribution in [0.15, 0.2) is 54.6 Å². The highest BCUT2D eigenvalue weighted by Crippen LogP contribution is 2.28. The van der Waals surface area contributed by atoms with E-state index in [9.17, 15) is 4.79 Å². The molecule has 21 heavy (non-hydrogen) atoms. The molecule has 3 heteroatoms. The summed E-state index contributed by atoms with van der Waals surface area (Å²) in [5.41, 5.74) is 9.31. The predicted molar refractivity (Wildman–Crippen MR) is 85.1 cm³/mol. The fourth-order valence-corrected chi connectivity index (χ4v) is 2.89. The Labute approximate surface area is 125 Å². The van der Waals surface area contributed by atoms with Crippen molar-refractivity contribution in [2.45, 2.75) is 25.3 Å². The number of aryl methyl sites for hydroxylation is 1. The van der Waals surface area contributed by atoms with Gasteiger partial charge in [-0.2, -0.15) is 0 Å². The molecule has 3 nitrogen and oxygen atoms in total. The summed E-state index contributed by atoms with van der Waals surface area (Å²) in [4.78, 5) is 14.7. The molecule has 1 aliphatic heterocycles. The summed E-state index contributed by atoms with van der Waals surface area (Å²) in [6.45, 7) is 0.746. The van der Waals surface area contributed by atoms with E-state index in [2.05, 4.69) is 6.07 Å². The van der Waals surface area contributed by atoms with Crippen LogP contribution in [0.25, 0.3) is 0 Å². The third-order valence-electron chi connectivity index (χ3n) is 4.05. The second-order valence-electron chi connectivity index (χ2n) is 5.46. The number of nitrogens with zero attached hydrogens (tertiary/aromatic N) is 1. The first-order valence-electron chi connectivity index (χ1n) is 7.47. The summed E-state index contributed by atoms with van der Waals surface area (Å²) in [7, 11) is 0. The van der Waals surface area contributed by atoms with Gasteiger partial charge in [0, 0.05) is 12.2 Å². The van der Waals surface area contributed by atoms with E-state index < -0.39 is 6.04 Å². The van der Waals surface area contributed by atoms with Crippen LogP contribution in [0.3, 0.4) is 0 Å². The quantitative estimate of drug-likeness (QED) is 0.919. The third-order valence-corrected chi connectivity index (χ3v) is 4.05. The van der Waals surface area contributed by atoms with Crippen molar-refractivity contribution in [3.8, 4) is 0 Å². The molecule has 0 aromatic heterocycles. The minimum atomic E-state index is -0.600. The molecule has 1 heterocycles. The standard InChI is InChI=1S/C18H20N2O/c19-17(15-10-2-1-3-11-15)18(21)20-13-7-6-9-14-8-4-5-12-16(14)20/h1-5,8,10-12,17H,6-7,9,13,19H2/t17-/m1/s1. The summed E-state index contributed by atoms with van der Waals surface area (Å²) < 4.78 is 0. The van der Waals surface area contributed by atoms with E-state index >= 15 is 0 Å². The van der Waals surface area contributed by atoms with Gasteiger partial charge in [-0.05, 0) is 36.5 Å². The monoisotopic (exact) mass is 280 g/mol. The maximum Gasteiger partial charge on any atom is 0.248 e. The fourth-order valence-electron chi connectivity index (χ4n) is 2.89. The van der Waals surface area contributed by atoms with Crippen LogP contribution >= 0.6 is 0 Å². The molecule has 0 fully saturated rings. The van der Waals surface area contributed by atoms with E-state index in [1.807, 2.05) is 53.4 Å². The third kappa shape index (κ3) is 2.83. The Hall–Kier alpha value is -2.13. The first-order chi connectivity index (χ1) is 10.3. The Bertz CT molecular complexity index is 624. The van der Waals surface area contributed by atoms with Gasteiger partial charge in [-0.15, -0.1) is 0 Å². The van der Waals surface area contributed by atoms with Crippen LogP contribution in [0.2, 0.25) is 0 Å². The number of rotatable bonds is 2. The van der Waals surface area contributed by atoms with E-state index in [1.165, 1.54) is 5.56 Å². The van der Waals surface area contributed by atoms with Crippen LogP contribution in [0.5, 0.6) is 0 Å². The maximum atomic E-state index is 12.8. The minimum Gasteiger partial charge on any atom is -0.316 e. The highest BCUT2D eigenvalue weighted by Gasteiger charge is 2.26. The van der Waals surface area contributed by atoms with Crippen LogP contribution < -0.4 is 10.6 Å². The van der Waals surface area contributed by atoms with Crippen LogP contribution in [0, 0.1) is 0 Å². The van der Waals surface area contributed by atoms with Crippen molar-refractivity contribution in [2.24, 2.45) is 5.73 Å². The number of hydrogen-bond donors (Lipinski definition) is 1. The lowest BCUT2D eigenvalue weighted by atomic mass is 10.1. The molecule has 0 saturated heterocycles. The molecule has 0 unspecified atom stereocenters. The van der Waals surface area contributed by atoms with Gasteiger partial charge in [0.1, 0.15) is 6.04 Å². The fraction of sp³-hybridized carbons (Fsp3) is 0.278. The van der Waals surface area contributed by atoms with Crippen molar-refractivity contribution in [1.82, 2.24) is 0 Å². The van der Waals surface area contributed by atoms with Crippen LogP contribution in [0.4, 0.5) is 5.69 Å². The van der Waals surface area contributed by atoms with Gasteiger partial charge in [-0.25, -0.2) is 0 Å². The summed E-state index contributed by atoms with van der Waals surface area (Å²) in [6, 6.07) is 17.1. The molecule has 2 N–H and O–H groups in total. The lowest BCUT2D eigenvalue weighted by molar-refractivity contribution is -0.120. The summed E-state index contributed by atoms with van der Waals surface area (Å²) >= 11 is 0. The molecular formula is C18H20N2O. The zero-order valence-electron chi connectivity index (χ0n) is 12.0. The molecule has 1 aliphatic rings. The number of benzene rings is 2. The first-order valence-corrected chi connectivity index (χ1v) is 7.47. The maximum absolute atomic E-state index is 12.8. The number of nitrogens with two attached hydrogens (primary N) is 1. The SMILES string of the molecule is N[C@@H](C(=O)N1CCCCc2ccccc21)c1ccccc1. The van der Waals surface area contributed by atoms with Gasteiger partial charge < -0.3 is 10.6 Å². The molecule has 0 radical (unpaired) electrons. The van der Waals surface area contributed by atoms with E-state index in [4.69, 9.17) is 5.73 Å². The molecule has 108 valence electrons. The summed E-state index contributed by atoms with van der Waals surface area (Å²) in [5.74, 6) is -0.0180. The normalized spacial score (nSPS) is 16.0. The molecular weight excluding hydrogens is 260 g/mol. The van der Waals surface area contributed by atoms with Crippen molar-refractivity contribution in [1.29, 1.82) is 0 Å². The lowest BCUT2D eigenvalue weighted by Gasteiger charge is -2.26. The molecule has 0 spiro atoms. The van der Waals surface area contributed by atoms with Crippen molar-refractivity contribution in [3.05, 3.63) is 65.7 Å². The second-order valence-corrected chi connectivity index (χ2v) is 5.46. The van der Waals surface area contributed by atoms with E-state index in [0.717, 1.165) is 37.1 Å². The van der Waals surface area contributed by atoms with Gasteiger partial charge >= 0.3 is 0 Å². The molecule has 3 rings (SSSR count). The van der Waals surface area contributed by atoms with Gasteiger partial charge in [-0.3, -0.25) is 4.79 Å². The van der Waals surface area contributed by atoms with Gasteiger partial charge in [0.2, 0.25) is 5.91 Å². The number of carbonyl (C=O) groups excluding carboxylic acids is 1. The second kappa shape index (κ2) is 6.10. The largest absolute Gasteiger partial charge is 0.316 e. The number of amides is 1. The number of fused-ring (bicyclic) bond motifs is 1. The number of hydrogen-bond acceptors (Lipinski definition) is 2.